The Morgan fingerprint density at radius 1 is 1.06 bits per heavy atom. The number of benzene rings is 1. The zero-order valence-electron chi connectivity index (χ0n) is 9.73. The first-order valence-corrected chi connectivity index (χ1v) is 5.59. The van der Waals surface area contributed by atoms with Gasteiger partial charge in [0.1, 0.15) is 0 Å². The van der Waals surface area contributed by atoms with Crippen LogP contribution in [0.2, 0.25) is 0 Å². The maximum atomic E-state index is 11.7. The SMILES string of the molecule is Cc1nc(-c2ccccc2)cc2c1C(=O)NC2=O. The smallest absolute Gasteiger partial charge is 0.260 e. The van der Waals surface area contributed by atoms with Gasteiger partial charge in [0, 0.05) is 5.56 Å². The van der Waals surface area contributed by atoms with E-state index < -0.39 is 0 Å². The minimum Gasteiger partial charge on any atom is -0.288 e. The van der Waals surface area contributed by atoms with Gasteiger partial charge in [-0.1, -0.05) is 30.3 Å². The van der Waals surface area contributed by atoms with Crippen LogP contribution in [0.3, 0.4) is 0 Å². The first kappa shape index (κ1) is 10.7. The molecule has 3 rings (SSSR count). The fraction of sp³-hybridized carbons (Fsp3) is 0.0714. The molecule has 4 heteroatoms. The summed E-state index contributed by atoms with van der Waals surface area (Å²) < 4.78 is 0. The van der Waals surface area contributed by atoms with E-state index in [0.717, 1.165) is 5.56 Å². The van der Waals surface area contributed by atoms with Crippen molar-refractivity contribution >= 4 is 11.8 Å². The highest BCUT2D eigenvalue weighted by Crippen LogP contribution is 2.24. The van der Waals surface area contributed by atoms with E-state index in [9.17, 15) is 9.59 Å². The van der Waals surface area contributed by atoms with E-state index in [-0.39, 0.29) is 11.8 Å². The van der Waals surface area contributed by atoms with Crippen LogP contribution in [0.4, 0.5) is 0 Å². The van der Waals surface area contributed by atoms with Crippen molar-refractivity contribution in [3.63, 3.8) is 0 Å². The molecule has 4 nitrogen and oxygen atoms in total. The summed E-state index contributed by atoms with van der Waals surface area (Å²) in [6, 6.07) is 11.2. The van der Waals surface area contributed by atoms with Gasteiger partial charge in [0.25, 0.3) is 11.8 Å². The van der Waals surface area contributed by atoms with E-state index in [1.165, 1.54) is 0 Å². The summed E-state index contributed by atoms with van der Waals surface area (Å²) in [5.41, 5.74) is 3.01. The molecular weight excluding hydrogens is 228 g/mol. The Labute approximate surface area is 104 Å². The van der Waals surface area contributed by atoms with Crippen molar-refractivity contribution < 1.29 is 9.59 Å². The van der Waals surface area contributed by atoms with Crippen LogP contribution < -0.4 is 5.32 Å². The second-order valence-corrected chi connectivity index (χ2v) is 4.16. The minimum absolute atomic E-state index is 0.349. The molecule has 1 aliphatic heterocycles. The van der Waals surface area contributed by atoms with Gasteiger partial charge in [0.2, 0.25) is 0 Å². The van der Waals surface area contributed by atoms with Crippen LogP contribution in [0, 0.1) is 6.92 Å². The largest absolute Gasteiger partial charge is 0.288 e. The molecule has 1 N–H and O–H groups in total. The molecule has 0 bridgehead atoms. The Kier molecular flexibility index (Phi) is 2.23. The second kappa shape index (κ2) is 3.77. The number of nitrogens with zero attached hydrogens (tertiary/aromatic N) is 1. The highest BCUT2D eigenvalue weighted by Gasteiger charge is 2.29. The van der Waals surface area contributed by atoms with Crippen molar-refractivity contribution in [2.24, 2.45) is 0 Å². The molecule has 0 spiro atoms. The number of hydrogen-bond acceptors (Lipinski definition) is 3. The van der Waals surface area contributed by atoms with Gasteiger partial charge in [0.15, 0.2) is 0 Å². The van der Waals surface area contributed by atoms with Crippen LogP contribution >= 0.6 is 0 Å². The number of imide groups is 1. The van der Waals surface area contributed by atoms with Crippen molar-refractivity contribution in [2.45, 2.75) is 6.92 Å². The number of carbonyl (C=O) groups excluding carboxylic acids is 2. The van der Waals surface area contributed by atoms with Crippen molar-refractivity contribution in [1.29, 1.82) is 0 Å². The summed E-state index contributed by atoms with van der Waals surface area (Å²) in [5, 5.41) is 2.28. The summed E-state index contributed by atoms with van der Waals surface area (Å²) in [4.78, 5) is 27.6. The predicted molar refractivity (Wildman–Crippen MR) is 66.2 cm³/mol. The molecule has 0 fully saturated rings. The zero-order valence-corrected chi connectivity index (χ0v) is 9.73. The summed E-state index contributed by atoms with van der Waals surface area (Å²) in [5.74, 6) is -0.711. The lowest BCUT2D eigenvalue weighted by molar-refractivity contribution is 0.0879. The third-order valence-corrected chi connectivity index (χ3v) is 2.97. The molecule has 1 aromatic carbocycles. The Morgan fingerprint density at radius 3 is 2.50 bits per heavy atom. The molecule has 0 aliphatic carbocycles. The average molecular weight is 238 g/mol. The number of pyridine rings is 1. The molecule has 2 heterocycles. The van der Waals surface area contributed by atoms with Crippen LogP contribution in [-0.4, -0.2) is 16.8 Å². The Hall–Kier alpha value is -2.49. The fourth-order valence-corrected chi connectivity index (χ4v) is 2.13. The first-order chi connectivity index (χ1) is 8.66. The van der Waals surface area contributed by atoms with Gasteiger partial charge in [-0.25, -0.2) is 0 Å². The normalized spacial score (nSPS) is 13.4. The lowest BCUT2D eigenvalue weighted by atomic mass is 10.0. The number of nitrogens with one attached hydrogen (secondary N) is 1. The first-order valence-electron chi connectivity index (χ1n) is 5.59. The van der Waals surface area contributed by atoms with Gasteiger partial charge < -0.3 is 0 Å². The second-order valence-electron chi connectivity index (χ2n) is 4.16. The lowest BCUT2D eigenvalue weighted by Gasteiger charge is -2.05. The Morgan fingerprint density at radius 2 is 1.78 bits per heavy atom. The zero-order chi connectivity index (χ0) is 12.7. The van der Waals surface area contributed by atoms with Crippen LogP contribution in [-0.2, 0) is 0 Å². The predicted octanol–water partition coefficient (Wildman–Crippen LogP) is 1.94. The molecule has 0 saturated heterocycles. The van der Waals surface area contributed by atoms with Crippen LogP contribution in [0.25, 0.3) is 11.3 Å². The van der Waals surface area contributed by atoms with E-state index in [1.807, 2.05) is 30.3 Å². The highest BCUT2D eigenvalue weighted by molar-refractivity contribution is 6.22. The maximum absolute atomic E-state index is 11.7. The molecule has 2 amide bonds. The lowest BCUT2D eigenvalue weighted by Crippen LogP contribution is -2.20. The molecule has 88 valence electrons. The molecular formula is C14H10N2O2. The summed E-state index contributed by atoms with van der Waals surface area (Å²) >= 11 is 0. The average Bonchev–Trinajstić information content (AvgIpc) is 2.66. The number of amides is 2. The quantitative estimate of drug-likeness (QED) is 0.772. The molecule has 0 atom stereocenters. The minimum atomic E-state index is -0.361. The van der Waals surface area contributed by atoms with Gasteiger partial charge >= 0.3 is 0 Å². The van der Waals surface area contributed by atoms with Gasteiger partial charge in [-0.3, -0.25) is 19.9 Å². The molecule has 0 saturated carbocycles. The number of hydrogen-bond donors (Lipinski definition) is 1. The van der Waals surface area contributed by atoms with E-state index in [0.29, 0.717) is 22.5 Å². The van der Waals surface area contributed by atoms with Crippen molar-refractivity contribution in [2.75, 3.05) is 0 Å². The van der Waals surface area contributed by atoms with Gasteiger partial charge in [0.05, 0.1) is 22.5 Å². The van der Waals surface area contributed by atoms with E-state index in [1.54, 1.807) is 13.0 Å². The van der Waals surface area contributed by atoms with Crippen molar-refractivity contribution in [3.8, 4) is 11.3 Å². The van der Waals surface area contributed by atoms with Gasteiger partial charge in [-0.05, 0) is 13.0 Å². The fourth-order valence-electron chi connectivity index (χ4n) is 2.13. The topological polar surface area (TPSA) is 59.1 Å². The van der Waals surface area contributed by atoms with Gasteiger partial charge in [-0.15, -0.1) is 0 Å². The molecule has 1 aromatic heterocycles. The van der Waals surface area contributed by atoms with Crippen LogP contribution in [0.5, 0.6) is 0 Å². The highest BCUT2D eigenvalue weighted by atomic mass is 16.2. The Balaban J connectivity index is 2.22. The third-order valence-electron chi connectivity index (χ3n) is 2.97. The molecule has 0 unspecified atom stereocenters. The number of aromatic nitrogens is 1. The molecule has 18 heavy (non-hydrogen) atoms. The monoisotopic (exact) mass is 238 g/mol. The molecule has 2 aromatic rings. The number of aryl methyl sites for hydroxylation is 1. The van der Waals surface area contributed by atoms with E-state index >= 15 is 0 Å². The van der Waals surface area contributed by atoms with E-state index in [4.69, 9.17) is 0 Å². The van der Waals surface area contributed by atoms with Crippen molar-refractivity contribution in [1.82, 2.24) is 10.3 Å². The summed E-state index contributed by atoms with van der Waals surface area (Å²) in [6.45, 7) is 1.74. The molecule has 0 radical (unpaired) electrons. The number of rotatable bonds is 1. The van der Waals surface area contributed by atoms with Gasteiger partial charge in [-0.2, -0.15) is 0 Å². The third kappa shape index (κ3) is 1.50. The van der Waals surface area contributed by atoms with E-state index in [2.05, 4.69) is 10.3 Å². The summed E-state index contributed by atoms with van der Waals surface area (Å²) in [7, 11) is 0. The van der Waals surface area contributed by atoms with Crippen molar-refractivity contribution in [3.05, 3.63) is 53.2 Å². The Bertz CT molecular complexity index is 663. The standard InChI is InChI=1S/C14H10N2O2/c1-8-12-10(13(17)16-14(12)18)7-11(15-8)9-5-3-2-4-6-9/h2-7H,1H3,(H,16,17,18). The van der Waals surface area contributed by atoms with Crippen LogP contribution in [0.1, 0.15) is 26.4 Å². The summed E-state index contributed by atoms with van der Waals surface area (Å²) in [6.07, 6.45) is 0. The van der Waals surface area contributed by atoms with Crippen LogP contribution in [0.15, 0.2) is 36.4 Å². The maximum Gasteiger partial charge on any atom is 0.260 e. The number of fused-ring (bicyclic) bond motifs is 1. The molecule has 1 aliphatic rings. The number of carbonyl (C=O) groups is 2.